The highest BCUT2D eigenvalue weighted by Crippen LogP contribution is 2.44. The van der Waals surface area contributed by atoms with Gasteiger partial charge in [0.2, 0.25) is 12.3 Å². The number of benzene rings is 2. The lowest BCUT2D eigenvalue weighted by molar-refractivity contribution is -0.143. The minimum atomic E-state index is -2.45. The number of ether oxygens (including phenoxy) is 1. The Balaban J connectivity index is 1.39. The van der Waals surface area contributed by atoms with Crippen LogP contribution in [0.15, 0.2) is 48.5 Å². The summed E-state index contributed by atoms with van der Waals surface area (Å²) in [5.41, 5.74) is 4.18. The van der Waals surface area contributed by atoms with Crippen LogP contribution in [-0.2, 0) is 14.3 Å². The van der Waals surface area contributed by atoms with E-state index in [1.54, 1.807) is 0 Å². The first-order valence-corrected chi connectivity index (χ1v) is 11.3. The molecule has 0 aromatic heterocycles. The van der Waals surface area contributed by atoms with Gasteiger partial charge in [-0.3, -0.25) is 9.59 Å². The van der Waals surface area contributed by atoms with Crippen LogP contribution in [0.3, 0.4) is 0 Å². The van der Waals surface area contributed by atoms with Crippen LogP contribution in [0.2, 0.25) is 0 Å². The Morgan fingerprint density at radius 2 is 1.56 bits per heavy atom. The van der Waals surface area contributed by atoms with Gasteiger partial charge in [0, 0.05) is 24.9 Å². The van der Waals surface area contributed by atoms with Crippen molar-refractivity contribution in [3.63, 3.8) is 0 Å². The number of likely N-dealkylation sites (tertiary alicyclic amines) is 1. The SMILES string of the molecule is O=C(O)CC(NC(=O)OCC1c2ccccc2-c2ccccc21)C(=O)N1CCC(C(F)F)CC1. The molecule has 7 nitrogen and oxygen atoms in total. The molecule has 2 amide bonds. The molecule has 0 radical (unpaired) electrons. The van der Waals surface area contributed by atoms with Gasteiger partial charge in [0.15, 0.2) is 0 Å². The van der Waals surface area contributed by atoms with Crippen LogP contribution in [0.5, 0.6) is 0 Å². The fourth-order valence-electron chi connectivity index (χ4n) is 4.75. The lowest BCUT2D eigenvalue weighted by Gasteiger charge is -2.33. The predicted octanol–water partition coefficient (Wildman–Crippen LogP) is 3.87. The smallest absolute Gasteiger partial charge is 0.407 e. The lowest BCUT2D eigenvalue weighted by Crippen LogP contribution is -2.52. The number of alkyl halides is 2. The van der Waals surface area contributed by atoms with Gasteiger partial charge in [-0.05, 0) is 35.1 Å². The van der Waals surface area contributed by atoms with Crippen LogP contribution < -0.4 is 5.32 Å². The molecule has 9 heteroatoms. The van der Waals surface area contributed by atoms with Gasteiger partial charge in [-0.15, -0.1) is 0 Å². The number of fused-ring (bicyclic) bond motifs is 3. The minimum Gasteiger partial charge on any atom is -0.481 e. The predicted molar refractivity (Wildman–Crippen MR) is 120 cm³/mol. The number of carboxylic acids is 1. The van der Waals surface area contributed by atoms with Gasteiger partial charge < -0.3 is 20.1 Å². The largest absolute Gasteiger partial charge is 0.481 e. The maximum Gasteiger partial charge on any atom is 0.407 e. The molecule has 1 unspecified atom stereocenters. The Kier molecular flexibility index (Phi) is 7.09. The van der Waals surface area contributed by atoms with Gasteiger partial charge in [-0.25, -0.2) is 13.6 Å². The molecule has 2 aliphatic rings. The second-order valence-electron chi connectivity index (χ2n) is 8.62. The summed E-state index contributed by atoms with van der Waals surface area (Å²) in [5, 5.41) is 11.6. The van der Waals surface area contributed by atoms with Crippen molar-refractivity contribution in [1.29, 1.82) is 0 Å². The number of amides is 2. The molecule has 4 rings (SSSR count). The second kappa shape index (κ2) is 10.2. The molecule has 0 saturated carbocycles. The van der Waals surface area contributed by atoms with Gasteiger partial charge in [-0.1, -0.05) is 48.5 Å². The van der Waals surface area contributed by atoms with Crippen LogP contribution in [0, 0.1) is 5.92 Å². The summed E-state index contributed by atoms with van der Waals surface area (Å²) in [6.45, 7) is 0.209. The third kappa shape index (κ3) is 5.03. The average molecular weight is 472 g/mol. The van der Waals surface area contributed by atoms with Crippen molar-refractivity contribution in [3.05, 3.63) is 59.7 Å². The van der Waals surface area contributed by atoms with Gasteiger partial charge in [0.25, 0.3) is 0 Å². The summed E-state index contributed by atoms with van der Waals surface area (Å²) < 4.78 is 31.2. The summed E-state index contributed by atoms with van der Waals surface area (Å²) >= 11 is 0. The molecule has 1 fully saturated rings. The van der Waals surface area contributed by atoms with E-state index in [0.29, 0.717) is 0 Å². The molecule has 34 heavy (non-hydrogen) atoms. The quantitative estimate of drug-likeness (QED) is 0.638. The van der Waals surface area contributed by atoms with Crippen molar-refractivity contribution in [1.82, 2.24) is 10.2 Å². The molecule has 1 aliphatic carbocycles. The van der Waals surface area contributed by atoms with E-state index < -0.39 is 42.8 Å². The number of carboxylic acid groups (broad SMARTS) is 1. The topological polar surface area (TPSA) is 95.9 Å². The van der Waals surface area contributed by atoms with E-state index in [9.17, 15) is 28.3 Å². The maximum atomic E-state index is 12.9. The number of carbonyl (C=O) groups is 3. The zero-order valence-corrected chi connectivity index (χ0v) is 18.5. The number of hydrogen-bond acceptors (Lipinski definition) is 4. The van der Waals surface area contributed by atoms with Crippen LogP contribution in [0.4, 0.5) is 13.6 Å². The number of aliphatic carboxylic acids is 1. The first-order valence-electron chi connectivity index (χ1n) is 11.3. The van der Waals surface area contributed by atoms with E-state index in [1.165, 1.54) is 4.90 Å². The molecule has 2 aromatic rings. The fourth-order valence-corrected chi connectivity index (χ4v) is 4.75. The normalized spacial score (nSPS) is 16.6. The van der Waals surface area contributed by atoms with E-state index >= 15 is 0 Å². The van der Waals surface area contributed by atoms with Gasteiger partial charge in [-0.2, -0.15) is 0 Å². The molecular weight excluding hydrogens is 446 g/mol. The fraction of sp³-hybridized carbons (Fsp3) is 0.400. The van der Waals surface area contributed by atoms with Crippen molar-refractivity contribution in [2.24, 2.45) is 5.92 Å². The van der Waals surface area contributed by atoms with Crippen molar-refractivity contribution in [2.75, 3.05) is 19.7 Å². The number of nitrogens with zero attached hydrogens (tertiary/aromatic N) is 1. The van der Waals surface area contributed by atoms with Crippen molar-refractivity contribution in [2.45, 2.75) is 37.6 Å². The average Bonchev–Trinajstić information content (AvgIpc) is 3.15. The highest BCUT2D eigenvalue weighted by atomic mass is 19.3. The number of nitrogens with one attached hydrogen (secondary N) is 1. The Morgan fingerprint density at radius 1 is 1.00 bits per heavy atom. The van der Waals surface area contributed by atoms with Crippen molar-refractivity contribution >= 4 is 18.0 Å². The maximum absolute atomic E-state index is 12.9. The molecule has 1 heterocycles. The molecule has 2 aromatic carbocycles. The van der Waals surface area contributed by atoms with Crippen LogP contribution in [0.1, 0.15) is 36.3 Å². The zero-order chi connectivity index (χ0) is 24.2. The third-order valence-corrected chi connectivity index (χ3v) is 6.52. The highest BCUT2D eigenvalue weighted by molar-refractivity contribution is 5.89. The van der Waals surface area contributed by atoms with Crippen LogP contribution in [-0.4, -0.2) is 60.1 Å². The molecule has 2 N–H and O–H groups in total. The Bertz CT molecular complexity index is 1020. The summed E-state index contributed by atoms with van der Waals surface area (Å²) in [6.07, 6.45) is -3.71. The molecule has 0 spiro atoms. The number of halogens is 2. The van der Waals surface area contributed by atoms with E-state index in [1.807, 2.05) is 48.5 Å². The number of hydrogen-bond donors (Lipinski definition) is 2. The van der Waals surface area contributed by atoms with Crippen LogP contribution in [0.25, 0.3) is 11.1 Å². The third-order valence-electron chi connectivity index (χ3n) is 6.52. The molecule has 1 aliphatic heterocycles. The van der Waals surface area contributed by atoms with Gasteiger partial charge in [0.05, 0.1) is 6.42 Å². The molecule has 0 bridgehead atoms. The number of rotatable bonds is 7. The summed E-state index contributed by atoms with van der Waals surface area (Å²) in [6, 6.07) is 14.3. The summed E-state index contributed by atoms with van der Waals surface area (Å²) in [5.74, 6) is -2.83. The van der Waals surface area contributed by atoms with Gasteiger partial charge in [0.1, 0.15) is 12.6 Å². The standard InChI is InChI=1S/C25H26F2N2O5/c26-23(27)15-9-11-29(12-10-15)24(32)21(13-22(30)31)28-25(33)34-14-20-18-7-3-1-5-16(18)17-6-2-4-8-19(17)20/h1-8,15,20-21,23H,9-14H2,(H,28,33)(H,30,31). The Labute approximate surface area is 195 Å². The molecule has 1 atom stereocenters. The second-order valence-corrected chi connectivity index (χ2v) is 8.62. The molecule has 180 valence electrons. The number of carbonyl (C=O) groups excluding carboxylic acids is 2. The minimum absolute atomic E-state index is 0.0215. The van der Waals surface area contributed by atoms with E-state index in [2.05, 4.69) is 5.32 Å². The summed E-state index contributed by atoms with van der Waals surface area (Å²) in [4.78, 5) is 38.0. The number of alkyl carbamates (subject to hydrolysis) is 1. The number of piperidine rings is 1. The molecular formula is C25H26F2N2O5. The van der Waals surface area contributed by atoms with Crippen LogP contribution >= 0.6 is 0 Å². The van der Waals surface area contributed by atoms with Crippen molar-refractivity contribution in [3.8, 4) is 11.1 Å². The van der Waals surface area contributed by atoms with E-state index in [4.69, 9.17) is 4.74 Å². The Morgan fingerprint density at radius 3 is 2.09 bits per heavy atom. The molecule has 1 saturated heterocycles. The Hall–Kier alpha value is -3.49. The first-order chi connectivity index (χ1) is 16.3. The lowest BCUT2D eigenvalue weighted by atomic mass is 9.96. The van der Waals surface area contributed by atoms with E-state index in [-0.39, 0.29) is 38.5 Å². The zero-order valence-electron chi connectivity index (χ0n) is 18.5. The van der Waals surface area contributed by atoms with Gasteiger partial charge >= 0.3 is 12.1 Å². The first kappa shape index (κ1) is 23.7. The summed E-state index contributed by atoms with van der Waals surface area (Å²) in [7, 11) is 0. The monoisotopic (exact) mass is 472 g/mol. The van der Waals surface area contributed by atoms with Crippen molar-refractivity contribution < 1.29 is 33.0 Å². The van der Waals surface area contributed by atoms with E-state index in [0.717, 1.165) is 22.3 Å². The highest BCUT2D eigenvalue weighted by Gasteiger charge is 2.34.